The van der Waals surface area contributed by atoms with E-state index in [1.54, 1.807) is 0 Å². The van der Waals surface area contributed by atoms with E-state index < -0.39 is 68.2 Å². The van der Waals surface area contributed by atoms with Gasteiger partial charge in [0.05, 0.1) is 23.0 Å². The van der Waals surface area contributed by atoms with Gasteiger partial charge in [0.2, 0.25) is 0 Å². The molecule has 3 nitrogen and oxygen atoms in total. The molecule has 0 amide bonds. The highest BCUT2D eigenvalue weighted by molar-refractivity contribution is 5.54. The third kappa shape index (κ3) is 1.81. The Labute approximate surface area is 106 Å². The minimum atomic E-state index is -3.88. The van der Waals surface area contributed by atoms with Gasteiger partial charge in [-0.15, -0.1) is 0 Å². The third-order valence-electron chi connectivity index (χ3n) is 1.45. The predicted octanol–water partition coefficient (Wildman–Crippen LogP) is 2.04. The Morgan fingerprint density at radius 3 is 3.57 bits per heavy atom. The van der Waals surface area contributed by atoms with Crippen molar-refractivity contribution in [3.63, 3.8) is 0 Å². The van der Waals surface area contributed by atoms with Crippen LogP contribution in [0.25, 0.3) is 0 Å². The average molecular weight is 206 g/mol. The van der Waals surface area contributed by atoms with Crippen LogP contribution in [0.4, 0.5) is 11.4 Å². The van der Waals surface area contributed by atoms with Gasteiger partial charge in [0.15, 0.2) is 0 Å². The number of hydrogen-bond acceptors (Lipinski definition) is 3. The summed E-state index contributed by atoms with van der Waals surface area (Å²) in [5, 5.41) is 0. The molecule has 1 unspecified atom stereocenters. The van der Waals surface area contributed by atoms with Crippen molar-refractivity contribution >= 4 is 11.4 Å². The van der Waals surface area contributed by atoms with Crippen LogP contribution in [0.2, 0.25) is 0 Å². The highest BCUT2D eigenvalue weighted by Crippen LogP contribution is 2.24. The maximum absolute atomic E-state index is 8.43. The van der Waals surface area contributed by atoms with Gasteiger partial charge in [-0.25, -0.2) is 0 Å². The summed E-state index contributed by atoms with van der Waals surface area (Å²) < 4.78 is 119. The van der Waals surface area contributed by atoms with Crippen LogP contribution in [0.5, 0.6) is 0 Å². The van der Waals surface area contributed by atoms with E-state index in [0.717, 1.165) is 0 Å². The quantitative estimate of drug-likeness (QED) is 0.764. The van der Waals surface area contributed by atoms with E-state index in [1.165, 1.54) is 0 Å². The molecule has 0 aliphatic carbocycles. The lowest BCUT2D eigenvalue weighted by molar-refractivity contribution is 0.484. The Bertz CT molecular complexity index is 847. The number of aromatic nitrogens is 1. The summed E-state index contributed by atoms with van der Waals surface area (Å²) in [4.78, 5) is 3.04. The lowest BCUT2D eigenvalue weighted by Gasteiger charge is -2.35. The summed E-state index contributed by atoms with van der Waals surface area (Å²) in [7, 11) is 0. The van der Waals surface area contributed by atoms with Gasteiger partial charge in [-0.05, 0) is 32.0 Å². The Morgan fingerprint density at radius 1 is 1.79 bits per heavy atom. The first-order chi connectivity index (χ1) is 12.6. The van der Waals surface area contributed by atoms with Crippen molar-refractivity contribution < 1.29 is 20.6 Å². The van der Waals surface area contributed by atoms with Gasteiger partial charge in [0.1, 0.15) is 0 Å². The zero-order valence-electron chi connectivity index (χ0n) is 22.0. The minimum Gasteiger partial charge on any atom is -0.397 e. The molecule has 3 heteroatoms. The first-order valence-corrected chi connectivity index (χ1v) is 3.66. The summed E-state index contributed by atoms with van der Waals surface area (Å²) >= 11 is 0. The minimum absolute atomic E-state index is 0.290. The Balaban J connectivity index is 3.12. The molecule has 0 radical (unpaired) electrons. The molecule has 0 bridgehead atoms. The fraction of sp³-hybridized carbons (Fsp3) is 0.545. The average Bonchev–Trinajstić information content (AvgIpc) is 2.53. The van der Waals surface area contributed by atoms with Crippen molar-refractivity contribution in [2.24, 2.45) is 0 Å². The molecule has 76 valence electrons. The molecule has 1 aliphatic heterocycles. The molecule has 1 aromatic rings. The third-order valence-corrected chi connectivity index (χ3v) is 1.45. The molecule has 0 saturated carbocycles. The van der Waals surface area contributed by atoms with Gasteiger partial charge in [0, 0.05) is 33.8 Å². The molecule has 1 atom stereocenters. The van der Waals surface area contributed by atoms with Crippen molar-refractivity contribution in [2.75, 3.05) is 17.1 Å². The second-order valence-corrected chi connectivity index (χ2v) is 2.39. The van der Waals surface area contributed by atoms with Crippen molar-refractivity contribution in [2.45, 2.75) is 32.0 Å². The number of rotatable bonds is 1. The fourth-order valence-corrected chi connectivity index (χ4v) is 0.884. The van der Waals surface area contributed by atoms with E-state index >= 15 is 0 Å². The van der Waals surface area contributed by atoms with Crippen molar-refractivity contribution in [1.29, 1.82) is 0 Å². The normalized spacial score (nSPS) is 58.6. The van der Waals surface area contributed by atoms with E-state index in [-0.39, 0.29) is 4.90 Å². The first kappa shape index (κ1) is 2.13. The Hall–Kier alpha value is -1.25. The second kappa shape index (κ2) is 3.86. The SMILES string of the molecule is [2H]c1nc([2H])c(N2C([2H])([2H])C([2H])([2H])C([2H])([2H])C([2H])([2H])C2([2H])C([2H])([2H])[2H])c([2H])c1N. The van der Waals surface area contributed by atoms with Crippen molar-refractivity contribution in [3.05, 3.63) is 18.4 Å². The van der Waals surface area contributed by atoms with Crippen LogP contribution in [0.3, 0.4) is 0 Å². The molecule has 0 spiro atoms. The number of nitrogens with two attached hydrogens (primary N) is 1. The lowest BCUT2D eigenvalue weighted by atomic mass is 10.0. The summed E-state index contributed by atoms with van der Waals surface area (Å²) in [6.45, 7) is -7.54. The maximum Gasteiger partial charge on any atom is 0.0862 e. The van der Waals surface area contributed by atoms with Crippen LogP contribution in [0.15, 0.2) is 18.4 Å². The van der Waals surface area contributed by atoms with E-state index in [0.29, 0.717) is 0 Å². The fourth-order valence-electron chi connectivity index (χ4n) is 0.884. The topological polar surface area (TPSA) is 42.2 Å². The van der Waals surface area contributed by atoms with Crippen molar-refractivity contribution in [1.82, 2.24) is 4.98 Å². The van der Waals surface area contributed by atoms with E-state index in [9.17, 15) is 0 Å². The number of hydrogen-bond donors (Lipinski definition) is 1. The van der Waals surface area contributed by atoms with Crippen LogP contribution in [-0.2, 0) is 0 Å². The number of nitrogens with zero attached hydrogens (tertiary/aromatic N) is 2. The molecule has 2 rings (SSSR count). The molecule has 0 aromatic carbocycles. The first-order valence-electron chi connectivity index (χ1n) is 11.2. The summed E-state index contributed by atoms with van der Waals surface area (Å²) in [6, 6.07) is -4.88. The van der Waals surface area contributed by atoms with E-state index in [4.69, 9.17) is 26.3 Å². The highest BCUT2D eigenvalue weighted by atomic mass is 15.2. The highest BCUT2D eigenvalue weighted by Gasteiger charge is 2.18. The molecule has 14 heavy (non-hydrogen) atoms. The van der Waals surface area contributed by atoms with Crippen LogP contribution in [0.1, 0.15) is 46.5 Å². The number of piperidine rings is 1. The van der Waals surface area contributed by atoms with Gasteiger partial charge in [-0.2, -0.15) is 0 Å². The van der Waals surface area contributed by atoms with Crippen LogP contribution in [-0.4, -0.2) is 17.5 Å². The lowest BCUT2D eigenvalue weighted by Crippen LogP contribution is -2.37. The van der Waals surface area contributed by atoms with Crippen LogP contribution < -0.4 is 10.6 Å². The number of pyridine rings is 1. The van der Waals surface area contributed by atoms with E-state index in [2.05, 4.69) is 4.98 Å². The second-order valence-electron chi connectivity index (χ2n) is 2.39. The number of nitrogen functional groups attached to an aromatic ring is 1. The largest absolute Gasteiger partial charge is 0.397 e. The molecular weight excluding hydrogens is 174 g/mol. The van der Waals surface area contributed by atoms with Gasteiger partial charge >= 0.3 is 0 Å². The standard InChI is InChI=1S/C11H17N3/c1-9-4-2-3-5-14(9)11-6-10(12)7-13-8-11/h6-9H,2-5,12H2,1H3/i1D3,2D2,3D2,4D2,5D2,6D,7D,8D,9D. The Kier molecular flexibility index (Phi) is 0.588. The molecule has 2 N–H and O–H groups in total. The molecule has 1 aromatic heterocycles. The summed E-state index contributed by atoms with van der Waals surface area (Å²) in [5.41, 5.74) is 3.62. The summed E-state index contributed by atoms with van der Waals surface area (Å²) in [6.07, 6.45) is -13.4. The van der Waals surface area contributed by atoms with Gasteiger partial charge in [0.25, 0.3) is 0 Å². The van der Waals surface area contributed by atoms with Gasteiger partial charge < -0.3 is 10.6 Å². The smallest absolute Gasteiger partial charge is 0.0862 e. The van der Waals surface area contributed by atoms with E-state index in [1.807, 2.05) is 0 Å². The Morgan fingerprint density at radius 2 is 2.71 bits per heavy atom. The van der Waals surface area contributed by atoms with Crippen LogP contribution >= 0.6 is 0 Å². The molecule has 1 fully saturated rings. The van der Waals surface area contributed by atoms with Gasteiger partial charge in [-0.1, -0.05) is 0 Å². The summed E-state index contributed by atoms with van der Waals surface area (Å²) in [5.74, 6) is 0. The molecule has 1 aliphatic rings. The zero-order chi connectivity index (χ0) is 23.2. The monoisotopic (exact) mass is 206 g/mol. The molecular formula is C11H17N3. The number of anilines is 2. The zero-order valence-corrected chi connectivity index (χ0v) is 6.97. The van der Waals surface area contributed by atoms with Crippen LogP contribution in [0, 0.1) is 0 Å². The maximum atomic E-state index is 8.43. The molecule has 1 saturated heterocycles. The van der Waals surface area contributed by atoms with Crippen molar-refractivity contribution in [3.8, 4) is 0 Å². The predicted molar refractivity (Wildman–Crippen MR) is 59.3 cm³/mol. The molecule has 2 heterocycles. The van der Waals surface area contributed by atoms with Gasteiger partial charge in [-0.3, -0.25) is 4.98 Å².